The summed E-state index contributed by atoms with van der Waals surface area (Å²) in [4.78, 5) is 30.8. The predicted molar refractivity (Wildman–Crippen MR) is 206 cm³/mol. The monoisotopic (exact) mass is 759 g/mol. The molecule has 0 saturated heterocycles. The lowest BCUT2D eigenvalue weighted by Gasteiger charge is -2.35. The lowest BCUT2D eigenvalue weighted by molar-refractivity contribution is -0.140. The fourth-order valence-corrected chi connectivity index (χ4v) is 8.11. The Bertz CT molecular complexity index is 1990. The molecule has 12 nitrogen and oxygen atoms in total. The van der Waals surface area contributed by atoms with Gasteiger partial charge in [-0.25, -0.2) is 8.42 Å². The molecule has 13 heteroatoms. The van der Waals surface area contributed by atoms with E-state index in [2.05, 4.69) is 5.32 Å². The van der Waals surface area contributed by atoms with E-state index in [0.29, 0.717) is 22.8 Å². The van der Waals surface area contributed by atoms with Gasteiger partial charge in [0.15, 0.2) is 11.5 Å². The van der Waals surface area contributed by atoms with Crippen LogP contribution in [-0.2, 0) is 32.6 Å². The van der Waals surface area contributed by atoms with Crippen molar-refractivity contribution in [1.82, 2.24) is 10.2 Å². The summed E-state index contributed by atoms with van der Waals surface area (Å²) in [6, 6.07) is 24.6. The van der Waals surface area contributed by atoms with Crippen LogP contribution in [0.5, 0.6) is 28.7 Å². The number of hydrogen-bond acceptors (Lipinski definition) is 9. The SMILES string of the molecule is COc1cccc(CN(C(=O)CN(c2cc(OC)ccc2OC)S(=O)(=O)c2ccc(OC)c(OC)c2)C(Cc2ccccc2)C(=O)NC2CCCCC2)c1. The Balaban J connectivity index is 1.65. The van der Waals surface area contributed by atoms with Crippen molar-refractivity contribution in [3.63, 3.8) is 0 Å². The maximum absolute atomic E-state index is 15.1. The quantitative estimate of drug-likeness (QED) is 0.137. The summed E-state index contributed by atoms with van der Waals surface area (Å²) in [6.07, 6.45) is 5.01. The first-order chi connectivity index (χ1) is 26.1. The molecule has 288 valence electrons. The summed E-state index contributed by atoms with van der Waals surface area (Å²) in [7, 11) is 2.76. The van der Waals surface area contributed by atoms with Crippen molar-refractivity contribution in [3.8, 4) is 28.7 Å². The van der Waals surface area contributed by atoms with Gasteiger partial charge in [0.1, 0.15) is 29.8 Å². The number of anilines is 1. The molecule has 0 spiro atoms. The van der Waals surface area contributed by atoms with Gasteiger partial charge in [-0.05, 0) is 60.4 Å². The van der Waals surface area contributed by atoms with Crippen LogP contribution in [-0.4, -0.2) is 79.3 Å². The third-order valence-electron chi connectivity index (χ3n) is 9.59. The Morgan fingerprint density at radius 2 is 1.35 bits per heavy atom. The smallest absolute Gasteiger partial charge is 0.265 e. The molecule has 4 aromatic rings. The van der Waals surface area contributed by atoms with Crippen molar-refractivity contribution in [2.75, 3.05) is 46.4 Å². The first-order valence-electron chi connectivity index (χ1n) is 17.8. The van der Waals surface area contributed by atoms with Gasteiger partial charge in [0.25, 0.3) is 10.0 Å². The highest BCUT2D eigenvalue weighted by molar-refractivity contribution is 7.92. The number of amides is 2. The molecule has 5 rings (SSSR count). The highest BCUT2D eigenvalue weighted by Crippen LogP contribution is 2.38. The molecule has 0 bridgehead atoms. The largest absolute Gasteiger partial charge is 0.497 e. The minimum atomic E-state index is -4.51. The third kappa shape index (κ3) is 9.56. The summed E-state index contributed by atoms with van der Waals surface area (Å²) in [5.41, 5.74) is 1.60. The number of carbonyl (C=O) groups is 2. The molecule has 0 aromatic heterocycles. The zero-order valence-electron chi connectivity index (χ0n) is 31.4. The van der Waals surface area contributed by atoms with E-state index in [4.69, 9.17) is 23.7 Å². The molecule has 1 fully saturated rings. The predicted octanol–water partition coefficient (Wildman–Crippen LogP) is 6.01. The minimum Gasteiger partial charge on any atom is -0.497 e. The second-order valence-electron chi connectivity index (χ2n) is 13.0. The van der Waals surface area contributed by atoms with E-state index < -0.39 is 28.5 Å². The van der Waals surface area contributed by atoms with Gasteiger partial charge in [-0.3, -0.25) is 13.9 Å². The van der Waals surface area contributed by atoms with Crippen LogP contribution in [0, 0.1) is 0 Å². The fourth-order valence-electron chi connectivity index (χ4n) is 6.67. The Labute approximate surface area is 318 Å². The van der Waals surface area contributed by atoms with Crippen molar-refractivity contribution in [2.24, 2.45) is 0 Å². The first-order valence-corrected chi connectivity index (χ1v) is 19.3. The summed E-state index contributed by atoms with van der Waals surface area (Å²) in [5, 5.41) is 3.23. The number of methoxy groups -OCH3 is 5. The van der Waals surface area contributed by atoms with Crippen LogP contribution in [0.1, 0.15) is 43.2 Å². The van der Waals surface area contributed by atoms with Crippen LogP contribution in [0.25, 0.3) is 0 Å². The minimum absolute atomic E-state index is 0.00882. The van der Waals surface area contributed by atoms with E-state index in [-0.39, 0.29) is 47.0 Å². The van der Waals surface area contributed by atoms with Gasteiger partial charge in [-0.2, -0.15) is 0 Å². The van der Waals surface area contributed by atoms with Crippen LogP contribution in [0.4, 0.5) is 5.69 Å². The molecule has 0 aliphatic heterocycles. The third-order valence-corrected chi connectivity index (χ3v) is 11.3. The van der Waals surface area contributed by atoms with Crippen molar-refractivity contribution < 1.29 is 41.7 Å². The number of hydrogen-bond donors (Lipinski definition) is 1. The molecule has 1 saturated carbocycles. The lowest BCUT2D eigenvalue weighted by atomic mass is 9.94. The highest BCUT2D eigenvalue weighted by Gasteiger charge is 2.37. The number of ether oxygens (including phenoxy) is 5. The first kappa shape index (κ1) is 39.8. The number of carbonyl (C=O) groups excluding carboxylic acids is 2. The second-order valence-corrected chi connectivity index (χ2v) is 14.9. The summed E-state index contributed by atoms with van der Waals surface area (Å²) >= 11 is 0. The topological polar surface area (TPSA) is 133 Å². The van der Waals surface area contributed by atoms with Crippen LogP contribution >= 0.6 is 0 Å². The van der Waals surface area contributed by atoms with E-state index in [1.54, 1.807) is 37.4 Å². The van der Waals surface area contributed by atoms with Gasteiger partial charge in [0, 0.05) is 31.1 Å². The Morgan fingerprint density at radius 1 is 0.704 bits per heavy atom. The number of sulfonamides is 1. The molecule has 1 aliphatic rings. The van der Waals surface area contributed by atoms with E-state index in [9.17, 15) is 13.2 Å². The van der Waals surface area contributed by atoms with Crippen LogP contribution < -0.4 is 33.3 Å². The van der Waals surface area contributed by atoms with E-state index in [0.717, 1.165) is 42.0 Å². The Hall–Kier alpha value is -5.43. The maximum Gasteiger partial charge on any atom is 0.265 e. The van der Waals surface area contributed by atoms with Crippen molar-refractivity contribution in [2.45, 2.75) is 62.0 Å². The zero-order valence-corrected chi connectivity index (χ0v) is 32.3. The molecule has 4 aromatic carbocycles. The molecule has 0 radical (unpaired) electrons. The highest BCUT2D eigenvalue weighted by atomic mass is 32.2. The summed E-state index contributed by atoms with van der Waals surface area (Å²) in [5.74, 6) is 0.682. The molecule has 1 unspecified atom stereocenters. The van der Waals surface area contributed by atoms with Gasteiger partial charge in [0.05, 0.1) is 46.1 Å². The average Bonchev–Trinajstić information content (AvgIpc) is 3.21. The average molecular weight is 760 g/mol. The molecule has 1 aliphatic carbocycles. The maximum atomic E-state index is 15.1. The summed E-state index contributed by atoms with van der Waals surface area (Å²) < 4.78 is 58.0. The number of rotatable bonds is 17. The molecular weight excluding hydrogens is 711 g/mol. The number of nitrogens with zero attached hydrogens (tertiary/aromatic N) is 2. The zero-order chi connectivity index (χ0) is 38.7. The van der Waals surface area contributed by atoms with Crippen molar-refractivity contribution in [1.29, 1.82) is 0 Å². The summed E-state index contributed by atoms with van der Waals surface area (Å²) in [6.45, 7) is -0.697. The van der Waals surface area contributed by atoms with E-state index >= 15 is 4.79 Å². The van der Waals surface area contributed by atoms with Crippen LogP contribution in [0.15, 0.2) is 95.9 Å². The molecule has 1 atom stereocenters. The Morgan fingerprint density at radius 3 is 2.02 bits per heavy atom. The fraction of sp³-hybridized carbons (Fsp3) is 0.366. The lowest BCUT2D eigenvalue weighted by Crippen LogP contribution is -2.55. The van der Waals surface area contributed by atoms with Gasteiger partial charge in [-0.15, -0.1) is 0 Å². The van der Waals surface area contributed by atoms with E-state index in [1.165, 1.54) is 57.6 Å². The standard InChI is InChI=1S/C41H49N3O9S/c1-49-32-18-12-15-30(23-32)27-43(36(24-29-13-8-6-9-14-29)41(46)42-31-16-10-7-11-17-31)40(45)28-44(35-25-33(50-2)19-21-37(35)51-3)54(47,48)34-20-22-38(52-4)39(26-34)53-5/h6,8-9,12-15,18-23,25-26,31,36H,7,10-11,16-17,24,27-28H2,1-5H3,(H,42,46). The van der Waals surface area contributed by atoms with Gasteiger partial charge < -0.3 is 33.9 Å². The van der Waals surface area contributed by atoms with Gasteiger partial charge in [0.2, 0.25) is 11.8 Å². The Kier molecular flexibility index (Phi) is 13.7. The van der Waals surface area contributed by atoms with Crippen molar-refractivity contribution >= 4 is 27.5 Å². The molecule has 1 N–H and O–H groups in total. The normalized spacial score (nSPS) is 13.6. The molecular formula is C41H49N3O9S. The second kappa shape index (κ2) is 18.6. The van der Waals surface area contributed by atoms with Crippen LogP contribution in [0.2, 0.25) is 0 Å². The molecule has 0 heterocycles. The molecule has 54 heavy (non-hydrogen) atoms. The van der Waals surface area contributed by atoms with Crippen molar-refractivity contribution in [3.05, 3.63) is 102 Å². The van der Waals surface area contributed by atoms with E-state index in [1.807, 2.05) is 36.4 Å². The molecule has 2 amide bonds. The van der Waals surface area contributed by atoms with Gasteiger partial charge in [-0.1, -0.05) is 61.7 Å². The number of benzene rings is 4. The van der Waals surface area contributed by atoms with Gasteiger partial charge >= 0.3 is 0 Å². The van der Waals surface area contributed by atoms with Crippen LogP contribution in [0.3, 0.4) is 0 Å². The number of nitrogens with one attached hydrogen (secondary N) is 1.